The summed E-state index contributed by atoms with van der Waals surface area (Å²) in [5.74, 6) is 2.45. The molecular weight excluding hydrogens is 132 g/mol. The van der Waals surface area contributed by atoms with E-state index in [0.29, 0.717) is 5.88 Å². The summed E-state index contributed by atoms with van der Waals surface area (Å²) in [5.41, 5.74) is 0. The van der Waals surface area contributed by atoms with Crippen LogP contribution in [0.15, 0.2) is 0 Å². The molecule has 7 heavy (non-hydrogen) atoms. The number of rotatable bonds is 4. The Morgan fingerprint density at radius 3 is 2.86 bits per heavy atom. The lowest BCUT2D eigenvalue weighted by atomic mass is 11.0. The summed E-state index contributed by atoms with van der Waals surface area (Å²) in [6.45, 7) is 0. The van der Waals surface area contributed by atoms with Crippen LogP contribution in [0.4, 0.5) is 0 Å². The van der Waals surface area contributed by atoms with E-state index in [9.17, 15) is 0 Å². The van der Waals surface area contributed by atoms with Crippen molar-refractivity contribution in [2.75, 3.05) is 24.7 Å². The van der Waals surface area contributed by atoms with Gasteiger partial charge in [0.2, 0.25) is 0 Å². The van der Waals surface area contributed by atoms with Gasteiger partial charge in [-0.1, -0.05) is 0 Å². The van der Waals surface area contributed by atoms with Crippen molar-refractivity contribution in [3.63, 3.8) is 0 Å². The quantitative estimate of drug-likeness (QED) is 0.333. The second-order valence-electron chi connectivity index (χ2n) is 1.00. The number of thioether (sulfide) groups is 1. The Kier molecular flexibility index (Phi) is 7.17. The largest absolute Gasteiger partial charge is 0.374 e. The minimum absolute atomic E-state index is 0.716. The highest BCUT2D eigenvalue weighted by Gasteiger charge is 1.80. The van der Waals surface area contributed by atoms with Crippen LogP contribution >= 0.6 is 23.4 Å². The number of ether oxygens (including phenoxy) is 1. The van der Waals surface area contributed by atoms with E-state index in [2.05, 4.69) is 0 Å². The molecule has 0 spiro atoms. The van der Waals surface area contributed by atoms with Gasteiger partial charge in [0.25, 0.3) is 0 Å². The van der Waals surface area contributed by atoms with Gasteiger partial charge in [-0.05, 0) is 0 Å². The Labute approximate surface area is 53.4 Å². The molecule has 44 valence electrons. The van der Waals surface area contributed by atoms with Crippen LogP contribution in [-0.2, 0) is 4.74 Å². The minimum atomic E-state index is 0.716. The molecule has 0 fully saturated rings. The van der Waals surface area contributed by atoms with Crippen molar-refractivity contribution in [2.45, 2.75) is 0 Å². The molecule has 1 nitrogen and oxygen atoms in total. The van der Waals surface area contributed by atoms with Crippen LogP contribution in [0.2, 0.25) is 0 Å². The molecule has 0 saturated heterocycles. The van der Waals surface area contributed by atoms with Gasteiger partial charge in [0.15, 0.2) is 0 Å². The molecule has 0 aromatic carbocycles. The fraction of sp³-hybridized carbons (Fsp3) is 1.00. The van der Waals surface area contributed by atoms with E-state index >= 15 is 0 Å². The maximum Gasteiger partial charge on any atom is 0.0917 e. The van der Waals surface area contributed by atoms with Crippen LogP contribution in [0.25, 0.3) is 0 Å². The van der Waals surface area contributed by atoms with Crippen molar-refractivity contribution < 1.29 is 4.74 Å². The highest BCUT2D eigenvalue weighted by molar-refractivity contribution is 7.99. The zero-order valence-corrected chi connectivity index (χ0v) is 5.89. The van der Waals surface area contributed by atoms with E-state index in [0.717, 1.165) is 11.7 Å². The topological polar surface area (TPSA) is 9.23 Å². The first kappa shape index (κ1) is 7.60. The van der Waals surface area contributed by atoms with Gasteiger partial charge in [-0.2, -0.15) is 0 Å². The number of halogens is 1. The molecule has 0 atom stereocenters. The van der Waals surface area contributed by atoms with E-state index in [1.54, 1.807) is 18.9 Å². The molecule has 0 aliphatic heterocycles. The van der Waals surface area contributed by atoms with Crippen LogP contribution in [0.1, 0.15) is 0 Å². The van der Waals surface area contributed by atoms with Crippen LogP contribution in [0.5, 0.6) is 0 Å². The summed E-state index contributed by atoms with van der Waals surface area (Å²) in [4.78, 5) is 0. The molecule has 0 aromatic heterocycles. The summed E-state index contributed by atoms with van der Waals surface area (Å²) in [5, 5.41) is 0. The Balaban J connectivity index is 2.45. The van der Waals surface area contributed by atoms with Gasteiger partial charge < -0.3 is 4.74 Å². The van der Waals surface area contributed by atoms with Crippen molar-refractivity contribution in [3.8, 4) is 0 Å². The molecule has 0 heterocycles. The van der Waals surface area contributed by atoms with Gasteiger partial charge in [-0.3, -0.25) is 0 Å². The molecule has 3 heteroatoms. The van der Waals surface area contributed by atoms with Crippen LogP contribution in [0, 0.1) is 0 Å². The van der Waals surface area contributed by atoms with Gasteiger partial charge in [-0.15, -0.1) is 23.4 Å². The maximum absolute atomic E-state index is 5.36. The monoisotopic (exact) mass is 140 g/mol. The van der Waals surface area contributed by atoms with E-state index in [-0.39, 0.29) is 0 Å². The molecule has 0 amide bonds. The minimum Gasteiger partial charge on any atom is -0.374 e. The molecule has 0 aliphatic carbocycles. The lowest BCUT2D eigenvalue weighted by molar-refractivity contribution is 0.259. The Bertz CT molecular complexity index is 30.9. The zero-order chi connectivity index (χ0) is 5.54. The predicted octanol–water partition coefficient (Wildman–Crippen LogP) is 1.56. The molecule has 0 aromatic rings. The van der Waals surface area contributed by atoms with E-state index in [1.165, 1.54) is 0 Å². The summed E-state index contributed by atoms with van der Waals surface area (Å²) in [6.07, 6.45) is 0. The van der Waals surface area contributed by atoms with Crippen LogP contribution < -0.4 is 0 Å². The van der Waals surface area contributed by atoms with Crippen molar-refractivity contribution >= 4 is 23.4 Å². The number of hydrogen-bond donors (Lipinski definition) is 0. The first-order valence-electron chi connectivity index (χ1n) is 2.04. The van der Waals surface area contributed by atoms with Crippen LogP contribution in [0.3, 0.4) is 0 Å². The smallest absolute Gasteiger partial charge is 0.0917 e. The van der Waals surface area contributed by atoms with Crippen molar-refractivity contribution in [3.05, 3.63) is 0 Å². The molecule has 0 N–H and O–H groups in total. The fourth-order valence-corrected chi connectivity index (χ4v) is 0.918. The molecule has 0 unspecified atom stereocenters. The molecule has 0 bridgehead atoms. The van der Waals surface area contributed by atoms with Crippen LogP contribution in [-0.4, -0.2) is 24.7 Å². The Morgan fingerprint density at radius 1 is 1.71 bits per heavy atom. The first-order chi connectivity index (χ1) is 3.41. The average Bonchev–Trinajstić information content (AvgIpc) is 1.69. The predicted molar refractivity (Wildman–Crippen MR) is 35.1 cm³/mol. The lowest BCUT2D eigenvalue weighted by Crippen LogP contribution is -1.84. The van der Waals surface area contributed by atoms with Gasteiger partial charge in [0.1, 0.15) is 0 Å². The molecule has 0 radical (unpaired) electrons. The summed E-state index contributed by atoms with van der Waals surface area (Å²) < 4.78 is 4.75. The zero-order valence-electron chi connectivity index (χ0n) is 4.32. The molecule has 0 aliphatic rings. The second-order valence-corrected chi connectivity index (χ2v) is 2.43. The molecule has 0 saturated carbocycles. The van der Waals surface area contributed by atoms with E-state index in [4.69, 9.17) is 16.3 Å². The Hall–Kier alpha value is 0.600. The van der Waals surface area contributed by atoms with Gasteiger partial charge in [0, 0.05) is 18.7 Å². The van der Waals surface area contributed by atoms with Crippen molar-refractivity contribution in [1.82, 2.24) is 0 Å². The van der Waals surface area contributed by atoms with Gasteiger partial charge in [0.05, 0.1) is 5.94 Å². The summed E-state index contributed by atoms with van der Waals surface area (Å²) in [6, 6.07) is 0. The number of methoxy groups -OCH3 is 1. The fourth-order valence-electron chi connectivity index (χ4n) is 0.197. The second kappa shape index (κ2) is 6.60. The third-order valence-corrected chi connectivity index (χ3v) is 1.73. The number of alkyl halides is 1. The molecular formula is C4H9ClOS. The van der Waals surface area contributed by atoms with E-state index in [1.807, 2.05) is 0 Å². The standard InChI is InChI=1S/C4H9ClOS/c1-6-4-7-3-2-5/h2-4H2,1H3. The normalized spacial score (nSPS) is 9.43. The average molecular weight is 141 g/mol. The summed E-state index contributed by atoms with van der Waals surface area (Å²) in [7, 11) is 1.68. The third kappa shape index (κ3) is 6.60. The SMILES string of the molecule is COCSCCCl. The maximum atomic E-state index is 5.36. The highest BCUT2D eigenvalue weighted by Crippen LogP contribution is 1.98. The van der Waals surface area contributed by atoms with Crippen molar-refractivity contribution in [1.29, 1.82) is 0 Å². The summed E-state index contributed by atoms with van der Waals surface area (Å²) >= 11 is 7.06. The van der Waals surface area contributed by atoms with E-state index < -0.39 is 0 Å². The van der Waals surface area contributed by atoms with Gasteiger partial charge >= 0.3 is 0 Å². The van der Waals surface area contributed by atoms with Gasteiger partial charge in [-0.25, -0.2) is 0 Å². The van der Waals surface area contributed by atoms with Crippen molar-refractivity contribution in [2.24, 2.45) is 0 Å². The third-order valence-electron chi connectivity index (χ3n) is 0.423. The Morgan fingerprint density at radius 2 is 2.43 bits per heavy atom. The first-order valence-corrected chi connectivity index (χ1v) is 3.73. The highest BCUT2D eigenvalue weighted by atomic mass is 35.5. The lowest BCUT2D eigenvalue weighted by Gasteiger charge is -1.92. The molecule has 0 rings (SSSR count). The number of hydrogen-bond acceptors (Lipinski definition) is 2.